The molecule has 1 aliphatic rings. The Morgan fingerprint density at radius 1 is 1.24 bits per heavy atom. The van der Waals surface area contributed by atoms with Crippen molar-refractivity contribution in [1.29, 1.82) is 0 Å². The van der Waals surface area contributed by atoms with Crippen LogP contribution in [0.4, 0.5) is 10.1 Å². The van der Waals surface area contributed by atoms with Crippen LogP contribution in [0.15, 0.2) is 42.5 Å². The van der Waals surface area contributed by atoms with Gasteiger partial charge in [0.2, 0.25) is 5.91 Å². The molecule has 1 aliphatic heterocycles. The average molecular weight is 284 g/mol. The molecule has 21 heavy (non-hydrogen) atoms. The Morgan fingerprint density at radius 2 is 2.05 bits per heavy atom. The van der Waals surface area contributed by atoms with Crippen molar-refractivity contribution >= 4 is 17.5 Å². The SMILES string of the molecule is O=C1Cc2cc(C(=O)NCc3ccccc3F)ccc2N1. The number of nitrogens with one attached hydrogen (secondary N) is 2. The van der Waals surface area contributed by atoms with Gasteiger partial charge in [0, 0.05) is 23.4 Å². The molecule has 3 rings (SSSR count). The van der Waals surface area contributed by atoms with Crippen molar-refractivity contribution in [2.75, 3.05) is 5.32 Å². The van der Waals surface area contributed by atoms with Gasteiger partial charge in [0.25, 0.3) is 5.91 Å². The molecule has 0 aliphatic carbocycles. The number of carbonyl (C=O) groups excluding carboxylic acids is 2. The summed E-state index contributed by atoms with van der Waals surface area (Å²) in [4.78, 5) is 23.3. The molecule has 0 fully saturated rings. The highest BCUT2D eigenvalue weighted by Crippen LogP contribution is 2.23. The minimum Gasteiger partial charge on any atom is -0.348 e. The summed E-state index contributed by atoms with van der Waals surface area (Å²) in [6.07, 6.45) is 0.282. The number of hydrogen-bond donors (Lipinski definition) is 2. The Labute approximate surface area is 121 Å². The molecule has 2 aromatic rings. The summed E-state index contributed by atoms with van der Waals surface area (Å²) >= 11 is 0. The van der Waals surface area contributed by atoms with Crippen LogP contribution in [0.25, 0.3) is 0 Å². The van der Waals surface area contributed by atoms with Crippen molar-refractivity contribution in [2.45, 2.75) is 13.0 Å². The summed E-state index contributed by atoms with van der Waals surface area (Å²) in [5.41, 5.74) is 2.44. The number of rotatable bonds is 3. The Kier molecular flexibility index (Phi) is 3.39. The van der Waals surface area contributed by atoms with Crippen LogP contribution in [0, 0.1) is 5.82 Å². The lowest BCUT2D eigenvalue weighted by molar-refractivity contribution is -0.115. The quantitative estimate of drug-likeness (QED) is 0.908. The molecule has 2 amide bonds. The van der Waals surface area contributed by atoms with Crippen molar-refractivity contribution in [1.82, 2.24) is 5.32 Å². The molecule has 0 aromatic heterocycles. The lowest BCUT2D eigenvalue weighted by Gasteiger charge is -2.07. The third-order valence-electron chi connectivity index (χ3n) is 3.39. The lowest BCUT2D eigenvalue weighted by Crippen LogP contribution is -2.23. The van der Waals surface area contributed by atoms with Gasteiger partial charge in [-0.25, -0.2) is 4.39 Å². The van der Waals surface area contributed by atoms with Gasteiger partial charge >= 0.3 is 0 Å². The molecule has 0 bridgehead atoms. The van der Waals surface area contributed by atoms with E-state index in [-0.39, 0.29) is 30.6 Å². The van der Waals surface area contributed by atoms with Gasteiger partial charge in [-0.05, 0) is 29.8 Å². The second kappa shape index (κ2) is 5.36. The van der Waals surface area contributed by atoms with Crippen molar-refractivity contribution in [3.05, 3.63) is 65.0 Å². The maximum Gasteiger partial charge on any atom is 0.251 e. The number of fused-ring (bicyclic) bond motifs is 1. The van der Waals surface area contributed by atoms with E-state index in [1.807, 2.05) is 0 Å². The maximum absolute atomic E-state index is 13.5. The fourth-order valence-corrected chi connectivity index (χ4v) is 2.29. The molecule has 4 nitrogen and oxygen atoms in total. The zero-order chi connectivity index (χ0) is 14.8. The first-order valence-corrected chi connectivity index (χ1v) is 6.58. The Morgan fingerprint density at radius 3 is 2.86 bits per heavy atom. The standard InChI is InChI=1S/C16H13FN2O2/c17-13-4-2-1-3-11(13)9-18-16(21)10-5-6-14-12(7-10)8-15(20)19-14/h1-7H,8-9H2,(H,18,21)(H,19,20). The summed E-state index contributed by atoms with van der Waals surface area (Å²) < 4.78 is 13.5. The molecule has 1 heterocycles. The topological polar surface area (TPSA) is 58.2 Å². The molecule has 5 heteroatoms. The van der Waals surface area contributed by atoms with Crippen LogP contribution in [0.5, 0.6) is 0 Å². The minimum absolute atomic E-state index is 0.0751. The third-order valence-corrected chi connectivity index (χ3v) is 3.39. The number of halogens is 1. The van der Waals surface area contributed by atoms with Crippen LogP contribution in [0.3, 0.4) is 0 Å². The van der Waals surface area contributed by atoms with E-state index in [0.29, 0.717) is 11.1 Å². The van der Waals surface area contributed by atoms with E-state index in [2.05, 4.69) is 10.6 Å². The zero-order valence-electron chi connectivity index (χ0n) is 11.2. The van der Waals surface area contributed by atoms with E-state index in [9.17, 15) is 14.0 Å². The van der Waals surface area contributed by atoms with Gasteiger partial charge in [-0.1, -0.05) is 18.2 Å². The van der Waals surface area contributed by atoms with Crippen molar-refractivity contribution < 1.29 is 14.0 Å². The molecular weight excluding hydrogens is 271 g/mol. The highest BCUT2D eigenvalue weighted by atomic mass is 19.1. The van der Waals surface area contributed by atoms with Gasteiger partial charge < -0.3 is 10.6 Å². The highest BCUT2D eigenvalue weighted by molar-refractivity contribution is 6.01. The summed E-state index contributed by atoms with van der Waals surface area (Å²) in [5.74, 6) is -0.712. The molecule has 106 valence electrons. The summed E-state index contributed by atoms with van der Waals surface area (Å²) in [5, 5.41) is 5.38. The molecule has 2 aromatic carbocycles. The Hall–Kier alpha value is -2.69. The Balaban J connectivity index is 1.71. The molecule has 2 N–H and O–H groups in total. The van der Waals surface area contributed by atoms with Crippen LogP contribution in [0.1, 0.15) is 21.5 Å². The average Bonchev–Trinajstić information content (AvgIpc) is 2.85. The van der Waals surface area contributed by atoms with E-state index in [0.717, 1.165) is 11.3 Å². The Bertz CT molecular complexity index is 728. The largest absolute Gasteiger partial charge is 0.348 e. The number of carbonyl (C=O) groups is 2. The normalized spacial score (nSPS) is 12.7. The van der Waals surface area contributed by atoms with Crippen LogP contribution in [0.2, 0.25) is 0 Å². The fourth-order valence-electron chi connectivity index (χ4n) is 2.29. The zero-order valence-corrected chi connectivity index (χ0v) is 11.2. The molecule has 0 atom stereocenters. The van der Waals surface area contributed by atoms with Crippen molar-refractivity contribution in [3.63, 3.8) is 0 Å². The van der Waals surface area contributed by atoms with Crippen LogP contribution >= 0.6 is 0 Å². The minimum atomic E-state index is -0.346. The molecule has 0 spiro atoms. The number of hydrogen-bond acceptors (Lipinski definition) is 2. The van der Waals surface area contributed by atoms with E-state index in [1.54, 1.807) is 36.4 Å². The number of anilines is 1. The van der Waals surface area contributed by atoms with Gasteiger partial charge in [-0.15, -0.1) is 0 Å². The maximum atomic E-state index is 13.5. The van der Waals surface area contributed by atoms with Gasteiger partial charge in [0.15, 0.2) is 0 Å². The first-order valence-electron chi connectivity index (χ1n) is 6.58. The van der Waals surface area contributed by atoms with E-state index in [4.69, 9.17) is 0 Å². The molecular formula is C16H13FN2O2. The smallest absolute Gasteiger partial charge is 0.251 e. The molecule has 0 saturated carbocycles. The first kappa shape index (κ1) is 13.3. The number of benzene rings is 2. The predicted molar refractivity (Wildman–Crippen MR) is 76.3 cm³/mol. The van der Waals surface area contributed by atoms with Gasteiger partial charge in [-0.2, -0.15) is 0 Å². The summed E-state index contributed by atoms with van der Waals surface area (Å²) in [6, 6.07) is 11.3. The number of amides is 2. The highest BCUT2D eigenvalue weighted by Gasteiger charge is 2.19. The van der Waals surface area contributed by atoms with E-state index in [1.165, 1.54) is 6.07 Å². The predicted octanol–water partition coefficient (Wildman–Crippen LogP) is 2.25. The third kappa shape index (κ3) is 2.76. The van der Waals surface area contributed by atoms with Gasteiger partial charge in [0.05, 0.1) is 6.42 Å². The fraction of sp³-hybridized carbons (Fsp3) is 0.125. The van der Waals surface area contributed by atoms with Crippen LogP contribution in [-0.4, -0.2) is 11.8 Å². The van der Waals surface area contributed by atoms with E-state index < -0.39 is 0 Å². The second-order valence-electron chi connectivity index (χ2n) is 4.87. The lowest BCUT2D eigenvalue weighted by atomic mass is 10.1. The van der Waals surface area contributed by atoms with Crippen molar-refractivity contribution in [2.24, 2.45) is 0 Å². The molecule has 0 unspecified atom stereocenters. The van der Waals surface area contributed by atoms with E-state index >= 15 is 0 Å². The molecule has 0 radical (unpaired) electrons. The van der Waals surface area contributed by atoms with Gasteiger partial charge in [0.1, 0.15) is 5.82 Å². The molecule has 0 saturated heterocycles. The first-order chi connectivity index (χ1) is 10.1. The van der Waals surface area contributed by atoms with Crippen LogP contribution in [-0.2, 0) is 17.8 Å². The summed E-state index contributed by atoms with van der Waals surface area (Å²) in [6.45, 7) is 0.125. The summed E-state index contributed by atoms with van der Waals surface area (Å²) in [7, 11) is 0. The van der Waals surface area contributed by atoms with Gasteiger partial charge in [-0.3, -0.25) is 9.59 Å². The second-order valence-corrected chi connectivity index (χ2v) is 4.87. The monoisotopic (exact) mass is 284 g/mol. The van der Waals surface area contributed by atoms with Crippen LogP contribution < -0.4 is 10.6 Å². The van der Waals surface area contributed by atoms with Crippen molar-refractivity contribution in [3.8, 4) is 0 Å².